The molecular weight excluding hydrogens is 420 g/mol. The fourth-order valence-corrected chi connectivity index (χ4v) is 5.63. The maximum absolute atomic E-state index is 13.6. The zero-order valence-corrected chi connectivity index (χ0v) is 17.0. The van der Waals surface area contributed by atoms with Gasteiger partial charge in [-0.1, -0.05) is 42.1 Å². The molecule has 0 radical (unpaired) electrons. The van der Waals surface area contributed by atoms with Crippen molar-refractivity contribution in [3.05, 3.63) is 70.3 Å². The number of esters is 2. The second-order valence-corrected chi connectivity index (χ2v) is 8.45. The van der Waals surface area contributed by atoms with Crippen molar-refractivity contribution in [3.63, 3.8) is 0 Å². The van der Waals surface area contributed by atoms with Crippen LogP contribution in [0.5, 0.6) is 5.75 Å². The number of amides is 2. The Kier molecular flexibility index (Phi) is 4.37. The number of para-hydroxylation sites is 2. The van der Waals surface area contributed by atoms with Crippen molar-refractivity contribution in [2.75, 3.05) is 12.0 Å². The lowest BCUT2D eigenvalue weighted by atomic mass is 9.77. The Labute approximate surface area is 181 Å². The summed E-state index contributed by atoms with van der Waals surface area (Å²) in [5.41, 5.74) is 7.23. The van der Waals surface area contributed by atoms with Gasteiger partial charge in [0.25, 0.3) is 0 Å². The molecule has 5 rings (SSSR count). The number of methoxy groups -OCH3 is 1. The molecule has 0 saturated carbocycles. The van der Waals surface area contributed by atoms with Crippen molar-refractivity contribution in [1.82, 2.24) is 0 Å². The summed E-state index contributed by atoms with van der Waals surface area (Å²) in [7, 11) is 1.23. The Balaban J connectivity index is 1.66. The van der Waals surface area contributed by atoms with Crippen LogP contribution >= 0.6 is 11.8 Å². The topological polar surface area (TPSA) is 116 Å². The number of imide groups is 1. The first kappa shape index (κ1) is 19.4. The predicted octanol–water partition coefficient (Wildman–Crippen LogP) is 1.95. The summed E-state index contributed by atoms with van der Waals surface area (Å²) in [5, 5.41) is -0.666. The van der Waals surface area contributed by atoms with Crippen molar-refractivity contribution >= 4 is 41.2 Å². The predicted molar refractivity (Wildman–Crippen MR) is 111 cm³/mol. The van der Waals surface area contributed by atoms with Crippen LogP contribution in [0, 0.1) is 5.92 Å². The first-order chi connectivity index (χ1) is 14.9. The lowest BCUT2D eigenvalue weighted by Crippen LogP contribution is -2.39. The van der Waals surface area contributed by atoms with Gasteiger partial charge in [-0.2, -0.15) is 0 Å². The molecule has 0 aliphatic carbocycles. The number of nitrogens with two attached hydrogens (primary N) is 1. The van der Waals surface area contributed by atoms with Crippen LogP contribution in [0.15, 0.2) is 59.1 Å². The van der Waals surface area contributed by atoms with Crippen molar-refractivity contribution in [1.29, 1.82) is 0 Å². The van der Waals surface area contributed by atoms with Gasteiger partial charge in [-0.05, 0) is 18.2 Å². The van der Waals surface area contributed by atoms with Gasteiger partial charge in [-0.25, -0.2) is 14.5 Å². The number of carbonyl (C=O) groups excluding carboxylic acids is 4. The first-order valence-corrected chi connectivity index (χ1v) is 10.3. The summed E-state index contributed by atoms with van der Waals surface area (Å²) in [6, 6.07) is 13.1. The number of thioether (sulfide) groups is 1. The highest BCUT2D eigenvalue weighted by Crippen LogP contribution is 2.54. The zero-order valence-electron chi connectivity index (χ0n) is 16.2. The molecule has 0 spiro atoms. The third kappa shape index (κ3) is 2.70. The number of hydrogen-bond acceptors (Lipinski definition) is 8. The maximum Gasteiger partial charge on any atom is 0.342 e. The van der Waals surface area contributed by atoms with Crippen LogP contribution in [0.25, 0.3) is 0 Å². The average Bonchev–Trinajstić information content (AvgIpc) is 3.02. The average molecular weight is 436 g/mol. The normalized spacial score (nSPS) is 24.4. The van der Waals surface area contributed by atoms with Crippen LogP contribution in [0.1, 0.15) is 21.8 Å². The quantitative estimate of drug-likeness (QED) is 0.431. The van der Waals surface area contributed by atoms with E-state index in [-0.39, 0.29) is 21.9 Å². The lowest BCUT2D eigenvalue weighted by Gasteiger charge is -2.36. The lowest BCUT2D eigenvalue weighted by molar-refractivity contribution is -0.131. The molecule has 3 atom stereocenters. The van der Waals surface area contributed by atoms with Gasteiger partial charge in [0.15, 0.2) is 0 Å². The fourth-order valence-electron chi connectivity index (χ4n) is 4.39. The van der Waals surface area contributed by atoms with E-state index in [2.05, 4.69) is 0 Å². The monoisotopic (exact) mass is 436 g/mol. The molecule has 0 aromatic heterocycles. The van der Waals surface area contributed by atoms with E-state index in [1.54, 1.807) is 36.4 Å². The van der Waals surface area contributed by atoms with E-state index in [4.69, 9.17) is 15.2 Å². The van der Waals surface area contributed by atoms with E-state index in [1.165, 1.54) is 19.2 Å². The van der Waals surface area contributed by atoms with Gasteiger partial charge >= 0.3 is 11.9 Å². The second-order valence-electron chi connectivity index (χ2n) is 7.27. The van der Waals surface area contributed by atoms with Gasteiger partial charge in [-0.3, -0.25) is 9.59 Å². The SMILES string of the molecule is COC(=O)c1ccccc1N1C(=O)[C@H]2[C@@H](SC(N)=C3C(=O)Oc4ccccc4[C@H]32)C1=O. The Morgan fingerprint density at radius 2 is 1.77 bits per heavy atom. The molecule has 2 aromatic carbocycles. The Bertz CT molecular complexity index is 1210. The van der Waals surface area contributed by atoms with Gasteiger partial charge < -0.3 is 15.2 Å². The van der Waals surface area contributed by atoms with Gasteiger partial charge in [-0.15, -0.1) is 0 Å². The summed E-state index contributed by atoms with van der Waals surface area (Å²) in [6.45, 7) is 0. The minimum absolute atomic E-state index is 0.0972. The number of nitrogens with zero attached hydrogens (tertiary/aromatic N) is 1. The standard InChI is InChI=1S/C22H16N2O6S/c1-29-21(27)10-6-2-4-8-12(10)24-19(25)15-14-11-7-3-5-9-13(11)30-22(28)16(14)18(23)31-17(15)20(24)26/h2-9,14-15,17H,23H2,1H3/t14-,15+,17+/m0/s1. The number of hydrogen-bond donors (Lipinski definition) is 1. The third-order valence-corrected chi connectivity index (χ3v) is 6.93. The van der Waals surface area contributed by atoms with Crippen LogP contribution in [0.4, 0.5) is 5.69 Å². The van der Waals surface area contributed by atoms with Crippen LogP contribution in [0.3, 0.4) is 0 Å². The fraction of sp³-hybridized carbons (Fsp3) is 0.182. The molecule has 3 aliphatic rings. The second kappa shape index (κ2) is 6.98. The molecule has 31 heavy (non-hydrogen) atoms. The maximum atomic E-state index is 13.6. The van der Waals surface area contributed by atoms with E-state index >= 15 is 0 Å². The number of fused-ring (bicyclic) bond motifs is 5. The molecule has 1 saturated heterocycles. The van der Waals surface area contributed by atoms with Crippen molar-refractivity contribution < 1.29 is 28.7 Å². The van der Waals surface area contributed by atoms with E-state index in [0.717, 1.165) is 16.7 Å². The smallest absolute Gasteiger partial charge is 0.342 e. The number of ether oxygens (including phenoxy) is 2. The van der Waals surface area contributed by atoms with Crippen molar-refractivity contribution in [3.8, 4) is 5.75 Å². The highest BCUT2D eigenvalue weighted by molar-refractivity contribution is 8.04. The summed E-state index contributed by atoms with van der Waals surface area (Å²) in [6.07, 6.45) is 0. The molecule has 3 aliphatic heterocycles. The molecular formula is C22H16N2O6S. The molecule has 2 amide bonds. The highest BCUT2D eigenvalue weighted by atomic mass is 32.2. The van der Waals surface area contributed by atoms with Crippen molar-refractivity contribution in [2.45, 2.75) is 11.2 Å². The molecule has 2 aromatic rings. The molecule has 0 unspecified atom stereocenters. The first-order valence-electron chi connectivity index (χ1n) is 9.46. The van der Waals surface area contributed by atoms with E-state index in [0.29, 0.717) is 11.3 Å². The van der Waals surface area contributed by atoms with Gasteiger partial charge in [0.1, 0.15) is 11.0 Å². The van der Waals surface area contributed by atoms with Gasteiger partial charge in [0.2, 0.25) is 11.8 Å². The van der Waals surface area contributed by atoms with Crippen LogP contribution in [0.2, 0.25) is 0 Å². The van der Waals surface area contributed by atoms with Gasteiger partial charge in [0, 0.05) is 11.5 Å². The van der Waals surface area contributed by atoms with Crippen LogP contribution < -0.4 is 15.4 Å². The number of benzene rings is 2. The summed E-state index contributed by atoms with van der Waals surface area (Å²) >= 11 is 0.980. The zero-order chi connectivity index (χ0) is 21.9. The molecule has 156 valence electrons. The highest BCUT2D eigenvalue weighted by Gasteiger charge is 2.59. The number of carbonyl (C=O) groups is 4. The third-order valence-electron chi connectivity index (χ3n) is 5.71. The molecule has 9 heteroatoms. The largest absolute Gasteiger partial charge is 0.465 e. The minimum Gasteiger partial charge on any atom is -0.465 e. The Morgan fingerprint density at radius 1 is 1.06 bits per heavy atom. The Hall–Kier alpha value is -3.59. The minimum atomic E-state index is -0.862. The molecule has 3 heterocycles. The van der Waals surface area contributed by atoms with Crippen LogP contribution in [-0.2, 0) is 19.1 Å². The summed E-state index contributed by atoms with van der Waals surface area (Å²) in [5.74, 6) is -3.51. The van der Waals surface area contributed by atoms with Crippen LogP contribution in [-0.4, -0.2) is 36.1 Å². The van der Waals surface area contributed by atoms with E-state index in [9.17, 15) is 19.2 Å². The summed E-state index contributed by atoms with van der Waals surface area (Å²) in [4.78, 5) is 52.9. The Morgan fingerprint density at radius 3 is 2.55 bits per heavy atom. The number of rotatable bonds is 2. The van der Waals surface area contributed by atoms with Crippen molar-refractivity contribution in [2.24, 2.45) is 11.7 Å². The molecule has 2 N–H and O–H groups in total. The molecule has 0 bridgehead atoms. The number of anilines is 1. The molecule has 8 nitrogen and oxygen atoms in total. The van der Waals surface area contributed by atoms with E-state index < -0.39 is 40.8 Å². The van der Waals surface area contributed by atoms with E-state index in [1.807, 2.05) is 0 Å². The molecule has 1 fully saturated rings. The summed E-state index contributed by atoms with van der Waals surface area (Å²) < 4.78 is 10.2. The van der Waals surface area contributed by atoms with Gasteiger partial charge in [0.05, 0.1) is 34.9 Å².